The van der Waals surface area contributed by atoms with E-state index in [2.05, 4.69) is 11.4 Å². The molecule has 0 fully saturated rings. The summed E-state index contributed by atoms with van der Waals surface area (Å²) in [6, 6.07) is 7.63. The summed E-state index contributed by atoms with van der Waals surface area (Å²) in [7, 11) is 3.17. The molecule has 0 aliphatic carbocycles. The van der Waals surface area contributed by atoms with Crippen molar-refractivity contribution < 1.29 is 9.47 Å². The van der Waals surface area contributed by atoms with Gasteiger partial charge in [0.05, 0.1) is 20.3 Å². The van der Waals surface area contributed by atoms with Crippen LogP contribution in [-0.4, -0.2) is 20.3 Å². The van der Waals surface area contributed by atoms with Crippen molar-refractivity contribution in [3.63, 3.8) is 0 Å². The first kappa shape index (κ1) is 13.3. The zero-order valence-corrected chi connectivity index (χ0v) is 10.7. The summed E-state index contributed by atoms with van der Waals surface area (Å²) in [4.78, 5) is 0. The Hall–Kier alpha value is -1.73. The van der Waals surface area contributed by atoms with E-state index in [0.717, 1.165) is 5.56 Å². The van der Waals surface area contributed by atoms with Crippen molar-refractivity contribution in [3.05, 3.63) is 23.8 Å². The highest BCUT2D eigenvalue weighted by atomic mass is 16.5. The Kier molecular flexibility index (Phi) is 4.80. The van der Waals surface area contributed by atoms with E-state index in [9.17, 15) is 0 Å². The lowest BCUT2D eigenvalue weighted by molar-refractivity contribution is 0.354. The highest BCUT2D eigenvalue weighted by Gasteiger charge is 2.14. The summed E-state index contributed by atoms with van der Waals surface area (Å²) in [5.74, 6) is 1.30. The van der Waals surface area contributed by atoms with Gasteiger partial charge in [-0.25, -0.2) is 0 Å². The van der Waals surface area contributed by atoms with Gasteiger partial charge in [0.2, 0.25) is 0 Å². The van der Waals surface area contributed by atoms with Gasteiger partial charge in [-0.15, -0.1) is 0 Å². The standard InChI is InChI=1S/C13H18N2O2/c1-9(2)15-11(8-14)10-5-6-12(16-3)13(7-10)17-4/h5-7,9,11,15H,1-4H3. The molecule has 0 aliphatic heterocycles. The molecular weight excluding hydrogens is 216 g/mol. The second kappa shape index (κ2) is 6.12. The Morgan fingerprint density at radius 1 is 1.18 bits per heavy atom. The normalized spacial score (nSPS) is 12.0. The van der Waals surface area contributed by atoms with E-state index in [1.165, 1.54) is 0 Å². The Morgan fingerprint density at radius 3 is 2.29 bits per heavy atom. The molecule has 0 amide bonds. The van der Waals surface area contributed by atoms with Crippen LogP contribution in [0, 0.1) is 11.3 Å². The maximum absolute atomic E-state index is 9.13. The van der Waals surface area contributed by atoms with E-state index < -0.39 is 0 Å². The highest BCUT2D eigenvalue weighted by Crippen LogP contribution is 2.29. The number of hydrogen-bond acceptors (Lipinski definition) is 4. The van der Waals surface area contributed by atoms with Crippen LogP contribution in [0.2, 0.25) is 0 Å². The molecule has 1 atom stereocenters. The Bertz CT molecular complexity index is 410. The van der Waals surface area contributed by atoms with Crippen molar-refractivity contribution in [1.82, 2.24) is 5.32 Å². The first-order valence-electron chi connectivity index (χ1n) is 5.50. The van der Waals surface area contributed by atoms with E-state index in [0.29, 0.717) is 11.5 Å². The predicted molar refractivity (Wildman–Crippen MR) is 66.2 cm³/mol. The van der Waals surface area contributed by atoms with E-state index in [-0.39, 0.29) is 12.1 Å². The molecule has 1 N–H and O–H groups in total. The molecule has 1 aromatic carbocycles. The third-order valence-electron chi connectivity index (χ3n) is 2.37. The van der Waals surface area contributed by atoms with E-state index in [1.807, 2.05) is 26.0 Å². The summed E-state index contributed by atoms with van der Waals surface area (Å²) in [5.41, 5.74) is 0.874. The quantitative estimate of drug-likeness (QED) is 0.849. The number of ether oxygens (including phenoxy) is 2. The largest absolute Gasteiger partial charge is 0.493 e. The van der Waals surface area contributed by atoms with Crippen LogP contribution in [0.1, 0.15) is 25.5 Å². The van der Waals surface area contributed by atoms with Crippen LogP contribution in [-0.2, 0) is 0 Å². The molecule has 1 unspecified atom stereocenters. The Morgan fingerprint density at radius 2 is 1.82 bits per heavy atom. The van der Waals surface area contributed by atoms with Crippen molar-refractivity contribution in [2.75, 3.05) is 14.2 Å². The van der Waals surface area contributed by atoms with E-state index in [1.54, 1.807) is 20.3 Å². The van der Waals surface area contributed by atoms with Crippen molar-refractivity contribution >= 4 is 0 Å². The monoisotopic (exact) mass is 234 g/mol. The van der Waals surface area contributed by atoms with Crippen LogP contribution in [0.3, 0.4) is 0 Å². The second-order valence-corrected chi connectivity index (χ2v) is 4.00. The summed E-state index contributed by atoms with van der Waals surface area (Å²) in [6.07, 6.45) is 0. The van der Waals surface area contributed by atoms with Gasteiger partial charge in [-0.05, 0) is 31.5 Å². The number of benzene rings is 1. The van der Waals surface area contributed by atoms with Crippen molar-refractivity contribution in [2.45, 2.75) is 25.9 Å². The molecular formula is C13H18N2O2. The lowest BCUT2D eigenvalue weighted by Crippen LogP contribution is -2.27. The van der Waals surface area contributed by atoms with Gasteiger partial charge in [-0.1, -0.05) is 6.07 Å². The lowest BCUT2D eigenvalue weighted by Gasteiger charge is -2.16. The zero-order valence-electron chi connectivity index (χ0n) is 10.7. The Labute approximate surface area is 102 Å². The van der Waals surface area contributed by atoms with Gasteiger partial charge in [0.25, 0.3) is 0 Å². The molecule has 1 rings (SSSR count). The molecule has 0 saturated heterocycles. The Balaban J connectivity index is 3.01. The molecule has 0 spiro atoms. The van der Waals surface area contributed by atoms with Gasteiger partial charge in [-0.3, -0.25) is 5.32 Å². The summed E-state index contributed by atoms with van der Waals surface area (Å²) in [6.45, 7) is 4.01. The zero-order chi connectivity index (χ0) is 12.8. The molecule has 0 aromatic heterocycles. The third kappa shape index (κ3) is 3.36. The first-order chi connectivity index (χ1) is 8.12. The number of nitrogens with one attached hydrogen (secondary N) is 1. The molecule has 0 bridgehead atoms. The van der Waals surface area contributed by atoms with Crippen LogP contribution >= 0.6 is 0 Å². The molecule has 17 heavy (non-hydrogen) atoms. The number of nitriles is 1. The highest BCUT2D eigenvalue weighted by molar-refractivity contribution is 5.44. The molecule has 0 heterocycles. The summed E-state index contributed by atoms with van der Waals surface area (Å²) in [5, 5.41) is 12.3. The molecule has 4 nitrogen and oxygen atoms in total. The minimum Gasteiger partial charge on any atom is -0.493 e. The van der Waals surface area contributed by atoms with Gasteiger partial charge in [-0.2, -0.15) is 5.26 Å². The van der Waals surface area contributed by atoms with Crippen LogP contribution in [0.5, 0.6) is 11.5 Å². The summed E-state index contributed by atoms with van der Waals surface area (Å²) >= 11 is 0. The second-order valence-electron chi connectivity index (χ2n) is 4.00. The van der Waals surface area contributed by atoms with E-state index >= 15 is 0 Å². The predicted octanol–water partition coefficient (Wildman–Crippen LogP) is 2.27. The number of hydrogen-bond donors (Lipinski definition) is 1. The number of rotatable bonds is 5. The lowest BCUT2D eigenvalue weighted by atomic mass is 10.1. The van der Waals surface area contributed by atoms with Gasteiger partial charge in [0, 0.05) is 6.04 Å². The fourth-order valence-electron chi connectivity index (χ4n) is 1.57. The molecule has 92 valence electrons. The van der Waals surface area contributed by atoms with Crippen LogP contribution in [0.15, 0.2) is 18.2 Å². The van der Waals surface area contributed by atoms with Gasteiger partial charge in [0.1, 0.15) is 6.04 Å². The molecule has 1 aromatic rings. The minimum atomic E-state index is -0.338. The van der Waals surface area contributed by atoms with Gasteiger partial charge in [0.15, 0.2) is 11.5 Å². The smallest absolute Gasteiger partial charge is 0.161 e. The first-order valence-corrected chi connectivity index (χ1v) is 5.50. The third-order valence-corrected chi connectivity index (χ3v) is 2.37. The van der Waals surface area contributed by atoms with Crippen molar-refractivity contribution in [2.24, 2.45) is 0 Å². The van der Waals surface area contributed by atoms with Gasteiger partial charge < -0.3 is 9.47 Å². The van der Waals surface area contributed by atoms with Gasteiger partial charge >= 0.3 is 0 Å². The average molecular weight is 234 g/mol. The maximum atomic E-state index is 9.13. The average Bonchev–Trinajstić information content (AvgIpc) is 2.34. The van der Waals surface area contributed by atoms with Crippen LogP contribution in [0.4, 0.5) is 0 Å². The molecule has 0 aliphatic rings. The number of nitrogens with zero attached hydrogens (tertiary/aromatic N) is 1. The van der Waals surface area contributed by atoms with E-state index in [4.69, 9.17) is 14.7 Å². The van der Waals surface area contributed by atoms with Crippen LogP contribution in [0.25, 0.3) is 0 Å². The topological polar surface area (TPSA) is 54.3 Å². The molecule has 4 heteroatoms. The minimum absolute atomic E-state index is 0.243. The fourth-order valence-corrected chi connectivity index (χ4v) is 1.57. The van der Waals surface area contributed by atoms with Crippen LogP contribution < -0.4 is 14.8 Å². The van der Waals surface area contributed by atoms with Crippen molar-refractivity contribution in [3.8, 4) is 17.6 Å². The SMILES string of the molecule is COc1ccc(C(C#N)NC(C)C)cc1OC. The van der Waals surface area contributed by atoms with Crippen molar-refractivity contribution in [1.29, 1.82) is 5.26 Å². The molecule has 0 radical (unpaired) electrons. The summed E-state index contributed by atoms with van der Waals surface area (Å²) < 4.78 is 10.4. The maximum Gasteiger partial charge on any atom is 0.161 e. The fraction of sp³-hybridized carbons (Fsp3) is 0.462. The number of methoxy groups -OCH3 is 2. The molecule has 0 saturated carbocycles.